The van der Waals surface area contributed by atoms with Gasteiger partial charge in [-0.25, -0.2) is 9.59 Å². The van der Waals surface area contributed by atoms with Crippen molar-refractivity contribution in [2.75, 3.05) is 9.80 Å². The third-order valence-electron chi connectivity index (χ3n) is 7.29. The first kappa shape index (κ1) is 30.8. The van der Waals surface area contributed by atoms with Gasteiger partial charge in [0.1, 0.15) is 11.5 Å². The van der Waals surface area contributed by atoms with E-state index < -0.39 is 11.9 Å². The summed E-state index contributed by atoms with van der Waals surface area (Å²) >= 11 is 1.64. The number of hydrogen-bond acceptors (Lipinski definition) is 7. The minimum Gasteiger partial charge on any atom is -0.423 e. The number of anilines is 6. The SMILES string of the molecule is C=CC(=O)Oc1ccc(N(c2ccccc2)c2ccc(-c3ccc(N(c4ccc(OC(=O)C=C)cc4)c4cccs4)cc3)cc2)cc1. The summed E-state index contributed by atoms with van der Waals surface area (Å²) in [7, 11) is 0. The fourth-order valence-corrected chi connectivity index (χ4v) is 5.84. The van der Waals surface area contributed by atoms with E-state index in [0.29, 0.717) is 11.5 Å². The van der Waals surface area contributed by atoms with Crippen molar-refractivity contribution < 1.29 is 19.1 Å². The molecule has 0 aliphatic rings. The minimum atomic E-state index is -0.497. The molecule has 0 aliphatic carbocycles. The largest absolute Gasteiger partial charge is 0.423 e. The van der Waals surface area contributed by atoms with E-state index in [1.54, 1.807) is 35.6 Å². The van der Waals surface area contributed by atoms with Crippen LogP contribution in [0.25, 0.3) is 11.1 Å². The number of rotatable bonds is 11. The van der Waals surface area contributed by atoms with Crippen molar-refractivity contribution in [2.45, 2.75) is 0 Å². The van der Waals surface area contributed by atoms with Crippen LogP contribution in [0.2, 0.25) is 0 Å². The Hall–Kier alpha value is -6.18. The summed E-state index contributed by atoms with van der Waals surface area (Å²) < 4.78 is 10.5. The van der Waals surface area contributed by atoms with Gasteiger partial charge in [0.05, 0.1) is 5.00 Å². The Kier molecular flexibility index (Phi) is 9.37. The molecule has 5 aromatic carbocycles. The second kappa shape index (κ2) is 14.3. The molecule has 0 saturated heterocycles. The standard InChI is InChI=1S/C40H30N2O4S/c1-3-39(43)45-36-24-20-33(21-25-36)41(31-9-6-5-7-10-31)32-16-12-29(13-17-32)30-14-18-34(19-15-30)42(38-11-8-28-47-38)35-22-26-37(27-23-35)46-40(44)4-2/h3-28H,1-2H2. The van der Waals surface area contributed by atoms with Crippen molar-refractivity contribution in [3.63, 3.8) is 0 Å². The van der Waals surface area contributed by atoms with Crippen LogP contribution in [0.4, 0.5) is 33.4 Å². The maximum Gasteiger partial charge on any atom is 0.335 e. The zero-order valence-electron chi connectivity index (χ0n) is 25.4. The normalized spacial score (nSPS) is 10.5. The second-order valence-corrected chi connectivity index (χ2v) is 11.2. The van der Waals surface area contributed by atoms with Crippen LogP contribution in [0.5, 0.6) is 11.5 Å². The van der Waals surface area contributed by atoms with Gasteiger partial charge in [0.2, 0.25) is 0 Å². The Morgan fingerprint density at radius 2 is 0.894 bits per heavy atom. The first-order valence-electron chi connectivity index (χ1n) is 14.8. The van der Waals surface area contributed by atoms with E-state index >= 15 is 0 Å². The molecule has 0 aliphatic heterocycles. The zero-order chi connectivity index (χ0) is 32.6. The Labute approximate surface area is 277 Å². The third kappa shape index (κ3) is 7.22. The van der Waals surface area contributed by atoms with Gasteiger partial charge in [-0.3, -0.25) is 0 Å². The third-order valence-corrected chi connectivity index (χ3v) is 8.14. The number of esters is 2. The van der Waals surface area contributed by atoms with Crippen LogP contribution in [0, 0.1) is 0 Å². The van der Waals surface area contributed by atoms with Gasteiger partial charge in [0.15, 0.2) is 0 Å². The summed E-state index contributed by atoms with van der Waals surface area (Å²) in [6.45, 7) is 6.91. The number of para-hydroxylation sites is 1. The lowest BCUT2D eigenvalue weighted by Gasteiger charge is -2.26. The van der Waals surface area contributed by atoms with E-state index in [-0.39, 0.29) is 0 Å². The summed E-state index contributed by atoms with van der Waals surface area (Å²) in [5.41, 5.74) is 7.01. The molecule has 47 heavy (non-hydrogen) atoms. The van der Waals surface area contributed by atoms with Crippen LogP contribution >= 0.6 is 11.3 Å². The molecule has 6 rings (SSSR count). The van der Waals surface area contributed by atoms with Crippen molar-refractivity contribution in [1.82, 2.24) is 0 Å². The second-order valence-electron chi connectivity index (χ2n) is 10.3. The molecular weight excluding hydrogens is 605 g/mol. The predicted molar refractivity (Wildman–Crippen MR) is 191 cm³/mol. The fourth-order valence-electron chi connectivity index (χ4n) is 5.07. The van der Waals surface area contributed by atoms with Gasteiger partial charge in [0, 0.05) is 40.6 Å². The summed E-state index contributed by atoms with van der Waals surface area (Å²) in [5.74, 6) is -0.0795. The van der Waals surface area contributed by atoms with Crippen molar-refractivity contribution in [3.05, 3.63) is 170 Å². The van der Waals surface area contributed by atoms with Crippen LogP contribution in [0.3, 0.4) is 0 Å². The maximum atomic E-state index is 11.6. The highest BCUT2D eigenvalue weighted by atomic mass is 32.1. The van der Waals surface area contributed by atoms with Gasteiger partial charge in [-0.05, 0) is 114 Å². The van der Waals surface area contributed by atoms with Crippen molar-refractivity contribution in [1.29, 1.82) is 0 Å². The molecule has 0 saturated carbocycles. The molecule has 0 unspecified atom stereocenters. The molecule has 6 nitrogen and oxygen atoms in total. The molecule has 0 amide bonds. The average Bonchev–Trinajstić information content (AvgIpc) is 3.65. The van der Waals surface area contributed by atoms with Gasteiger partial charge in [-0.2, -0.15) is 0 Å². The Bertz CT molecular complexity index is 1970. The number of thiophene rings is 1. The molecule has 1 aromatic heterocycles. The van der Waals surface area contributed by atoms with Crippen LogP contribution in [0.1, 0.15) is 0 Å². The molecule has 0 radical (unpaired) electrons. The van der Waals surface area contributed by atoms with Crippen LogP contribution in [-0.2, 0) is 9.59 Å². The van der Waals surface area contributed by atoms with Crippen molar-refractivity contribution >= 4 is 56.7 Å². The number of carbonyl (C=O) groups is 2. The molecule has 0 fully saturated rings. The van der Waals surface area contributed by atoms with E-state index in [0.717, 1.165) is 56.7 Å². The monoisotopic (exact) mass is 634 g/mol. The maximum absolute atomic E-state index is 11.6. The average molecular weight is 635 g/mol. The van der Waals surface area contributed by atoms with Gasteiger partial charge < -0.3 is 19.3 Å². The molecular formula is C40H30N2O4S. The minimum absolute atomic E-state index is 0.453. The quantitative estimate of drug-likeness (QED) is 0.0803. The summed E-state index contributed by atoms with van der Waals surface area (Å²) in [6, 6.07) is 45.9. The van der Waals surface area contributed by atoms with Crippen LogP contribution in [-0.4, -0.2) is 11.9 Å². The molecule has 230 valence electrons. The van der Waals surface area contributed by atoms with Crippen LogP contribution < -0.4 is 19.3 Å². The topological polar surface area (TPSA) is 59.1 Å². The fraction of sp³-hybridized carbons (Fsp3) is 0. The van der Waals surface area contributed by atoms with Crippen molar-refractivity contribution in [3.8, 4) is 22.6 Å². The lowest BCUT2D eigenvalue weighted by atomic mass is 10.0. The highest BCUT2D eigenvalue weighted by Gasteiger charge is 2.16. The van der Waals surface area contributed by atoms with E-state index in [4.69, 9.17) is 9.47 Å². The molecule has 7 heteroatoms. The van der Waals surface area contributed by atoms with Gasteiger partial charge in [0.25, 0.3) is 0 Å². The van der Waals surface area contributed by atoms with E-state index in [9.17, 15) is 9.59 Å². The highest BCUT2D eigenvalue weighted by molar-refractivity contribution is 7.14. The summed E-state index contributed by atoms with van der Waals surface area (Å²) in [5, 5.41) is 3.11. The van der Waals surface area contributed by atoms with Gasteiger partial charge in [-0.1, -0.05) is 55.6 Å². The predicted octanol–water partition coefficient (Wildman–Crippen LogP) is 10.5. The summed E-state index contributed by atoms with van der Waals surface area (Å²) in [6.07, 6.45) is 2.29. The molecule has 0 N–H and O–H groups in total. The molecule has 0 atom stereocenters. The smallest absolute Gasteiger partial charge is 0.335 e. The van der Waals surface area contributed by atoms with E-state index in [2.05, 4.69) is 89.7 Å². The molecule has 0 spiro atoms. The Balaban J connectivity index is 1.26. The number of ether oxygens (including phenoxy) is 2. The highest BCUT2D eigenvalue weighted by Crippen LogP contribution is 2.40. The van der Waals surface area contributed by atoms with Gasteiger partial charge >= 0.3 is 11.9 Å². The zero-order valence-corrected chi connectivity index (χ0v) is 26.2. The molecule has 1 heterocycles. The number of nitrogens with zero attached hydrogens (tertiary/aromatic N) is 2. The van der Waals surface area contributed by atoms with Crippen LogP contribution in [0.15, 0.2) is 170 Å². The Morgan fingerprint density at radius 3 is 1.30 bits per heavy atom. The van der Waals surface area contributed by atoms with Crippen molar-refractivity contribution in [2.24, 2.45) is 0 Å². The first-order chi connectivity index (χ1) is 23.0. The number of hydrogen-bond donors (Lipinski definition) is 0. The number of carbonyl (C=O) groups excluding carboxylic acids is 2. The lowest BCUT2D eigenvalue weighted by molar-refractivity contribution is -0.129. The molecule has 0 bridgehead atoms. The van der Waals surface area contributed by atoms with E-state index in [1.165, 1.54) is 0 Å². The Morgan fingerprint density at radius 1 is 0.489 bits per heavy atom. The summed E-state index contributed by atoms with van der Waals surface area (Å²) in [4.78, 5) is 27.6. The van der Waals surface area contributed by atoms with Gasteiger partial charge in [-0.15, -0.1) is 11.3 Å². The van der Waals surface area contributed by atoms with E-state index in [1.807, 2.05) is 53.9 Å². The first-order valence-corrected chi connectivity index (χ1v) is 15.7. The lowest BCUT2D eigenvalue weighted by Crippen LogP contribution is -2.10. The molecule has 6 aromatic rings. The number of benzene rings is 5.